The molecular weight excluding hydrogens is 202 g/mol. The van der Waals surface area contributed by atoms with E-state index < -0.39 is 5.60 Å². The minimum atomic E-state index is -0.611. The van der Waals surface area contributed by atoms with Crippen molar-refractivity contribution in [1.82, 2.24) is 0 Å². The third-order valence-electron chi connectivity index (χ3n) is 4.70. The smallest absolute Gasteiger partial charge is 0.0743 e. The zero-order valence-electron chi connectivity index (χ0n) is 10.6. The number of aliphatic hydroxyl groups is 1. The van der Waals surface area contributed by atoms with Crippen LogP contribution in [0.5, 0.6) is 0 Å². The Morgan fingerprint density at radius 2 is 2.00 bits per heavy atom. The van der Waals surface area contributed by atoms with Crippen LogP contribution in [-0.4, -0.2) is 30.5 Å². The lowest BCUT2D eigenvalue weighted by Crippen LogP contribution is -2.56. The summed E-state index contributed by atoms with van der Waals surface area (Å²) in [5, 5.41) is 11.0. The van der Waals surface area contributed by atoms with E-state index in [9.17, 15) is 5.11 Å². The third kappa shape index (κ3) is 1.89. The van der Waals surface area contributed by atoms with E-state index in [2.05, 4.69) is 13.8 Å². The van der Waals surface area contributed by atoms with E-state index in [1.807, 2.05) is 0 Å². The number of hydrogen-bond acceptors (Lipinski definition) is 3. The molecule has 2 unspecified atom stereocenters. The van der Waals surface area contributed by atoms with Gasteiger partial charge in [-0.15, -0.1) is 0 Å². The van der Waals surface area contributed by atoms with Crippen LogP contribution in [0.3, 0.4) is 0 Å². The van der Waals surface area contributed by atoms with Crippen LogP contribution in [0.2, 0.25) is 0 Å². The molecule has 1 aliphatic heterocycles. The van der Waals surface area contributed by atoms with Gasteiger partial charge >= 0.3 is 0 Å². The monoisotopic (exact) mass is 227 g/mol. The second-order valence-electron chi connectivity index (χ2n) is 6.51. The van der Waals surface area contributed by atoms with Gasteiger partial charge in [-0.3, -0.25) is 0 Å². The Kier molecular flexibility index (Phi) is 3.06. The van der Waals surface area contributed by atoms with Gasteiger partial charge in [-0.1, -0.05) is 20.3 Å². The van der Waals surface area contributed by atoms with Crippen LogP contribution in [-0.2, 0) is 4.74 Å². The quantitative estimate of drug-likeness (QED) is 0.754. The predicted molar refractivity (Wildman–Crippen MR) is 64.1 cm³/mol. The summed E-state index contributed by atoms with van der Waals surface area (Å²) in [4.78, 5) is 0. The summed E-state index contributed by atoms with van der Waals surface area (Å²) in [6, 6.07) is 0. The van der Waals surface area contributed by atoms with Gasteiger partial charge < -0.3 is 15.6 Å². The van der Waals surface area contributed by atoms with E-state index >= 15 is 0 Å². The Morgan fingerprint density at radius 3 is 2.50 bits per heavy atom. The standard InChI is InChI=1S/C13H25NO2/c1-11(2)4-3-5-13(15,8-11)12(9-14)6-7-16-10-12/h15H,3-10,14H2,1-2H3. The van der Waals surface area contributed by atoms with Crippen LogP contribution < -0.4 is 5.73 Å². The van der Waals surface area contributed by atoms with Crippen LogP contribution in [0.1, 0.15) is 46.0 Å². The van der Waals surface area contributed by atoms with Crippen molar-refractivity contribution in [1.29, 1.82) is 0 Å². The zero-order valence-corrected chi connectivity index (χ0v) is 10.6. The molecular formula is C13H25NO2. The van der Waals surface area contributed by atoms with Crippen molar-refractivity contribution in [2.75, 3.05) is 19.8 Å². The highest BCUT2D eigenvalue weighted by molar-refractivity contribution is 5.05. The average molecular weight is 227 g/mol. The maximum absolute atomic E-state index is 11.0. The fourth-order valence-corrected chi connectivity index (χ4v) is 3.61. The van der Waals surface area contributed by atoms with Gasteiger partial charge in [-0.05, 0) is 31.1 Å². The largest absolute Gasteiger partial charge is 0.389 e. The molecule has 1 saturated carbocycles. The molecule has 1 saturated heterocycles. The molecule has 94 valence electrons. The predicted octanol–water partition coefficient (Wildman–Crippen LogP) is 1.68. The first kappa shape index (κ1) is 12.3. The summed E-state index contributed by atoms with van der Waals surface area (Å²) in [6.07, 6.45) is 4.97. The Balaban J connectivity index is 2.22. The molecule has 2 fully saturated rings. The normalized spacial score (nSPS) is 43.5. The highest BCUT2D eigenvalue weighted by Crippen LogP contribution is 2.51. The molecule has 0 bridgehead atoms. The fourth-order valence-electron chi connectivity index (χ4n) is 3.61. The van der Waals surface area contributed by atoms with Crippen molar-refractivity contribution < 1.29 is 9.84 Å². The van der Waals surface area contributed by atoms with Crippen LogP contribution in [0, 0.1) is 10.8 Å². The Hall–Kier alpha value is -0.120. The number of hydrogen-bond donors (Lipinski definition) is 2. The van der Waals surface area contributed by atoms with Crippen molar-refractivity contribution in [3.05, 3.63) is 0 Å². The lowest BCUT2D eigenvalue weighted by molar-refractivity contribution is -0.132. The SMILES string of the molecule is CC1(C)CCCC(O)(C2(CN)CCOC2)C1. The molecule has 2 aliphatic rings. The molecule has 16 heavy (non-hydrogen) atoms. The van der Waals surface area contributed by atoms with E-state index in [4.69, 9.17) is 10.5 Å². The molecule has 3 N–H and O–H groups in total. The van der Waals surface area contributed by atoms with Crippen LogP contribution in [0.15, 0.2) is 0 Å². The number of ether oxygens (including phenoxy) is 1. The second-order valence-corrected chi connectivity index (χ2v) is 6.51. The average Bonchev–Trinajstić information content (AvgIpc) is 2.65. The molecule has 1 heterocycles. The molecule has 3 heteroatoms. The molecule has 0 spiro atoms. The van der Waals surface area contributed by atoms with Crippen molar-refractivity contribution in [2.45, 2.75) is 51.6 Å². The van der Waals surface area contributed by atoms with E-state index in [1.54, 1.807) is 0 Å². The molecule has 0 amide bonds. The first-order chi connectivity index (χ1) is 7.43. The van der Waals surface area contributed by atoms with Gasteiger partial charge in [0.15, 0.2) is 0 Å². The Morgan fingerprint density at radius 1 is 1.25 bits per heavy atom. The Labute approximate surface area is 98.4 Å². The molecule has 0 aromatic carbocycles. The highest BCUT2D eigenvalue weighted by atomic mass is 16.5. The lowest BCUT2D eigenvalue weighted by atomic mass is 9.58. The molecule has 0 aromatic heterocycles. The van der Waals surface area contributed by atoms with Gasteiger partial charge in [0, 0.05) is 18.6 Å². The summed E-state index contributed by atoms with van der Waals surface area (Å²) in [5.41, 5.74) is 5.37. The third-order valence-corrected chi connectivity index (χ3v) is 4.70. The lowest BCUT2D eigenvalue weighted by Gasteiger charge is -2.50. The van der Waals surface area contributed by atoms with Crippen molar-refractivity contribution in [3.8, 4) is 0 Å². The first-order valence-electron chi connectivity index (χ1n) is 6.43. The van der Waals surface area contributed by atoms with Crippen LogP contribution in [0.4, 0.5) is 0 Å². The molecule has 2 rings (SSSR count). The van der Waals surface area contributed by atoms with Gasteiger partial charge in [0.2, 0.25) is 0 Å². The fraction of sp³-hybridized carbons (Fsp3) is 1.00. The van der Waals surface area contributed by atoms with Gasteiger partial charge in [-0.2, -0.15) is 0 Å². The number of rotatable bonds is 2. The summed E-state index contributed by atoms with van der Waals surface area (Å²) >= 11 is 0. The summed E-state index contributed by atoms with van der Waals surface area (Å²) in [6.45, 7) is 6.42. The highest BCUT2D eigenvalue weighted by Gasteiger charge is 2.54. The van der Waals surface area contributed by atoms with E-state index in [1.165, 1.54) is 6.42 Å². The first-order valence-corrected chi connectivity index (χ1v) is 6.43. The molecule has 3 nitrogen and oxygen atoms in total. The van der Waals surface area contributed by atoms with Gasteiger partial charge in [-0.25, -0.2) is 0 Å². The van der Waals surface area contributed by atoms with E-state index in [0.29, 0.717) is 13.2 Å². The van der Waals surface area contributed by atoms with E-state index in [-0.39, 0.29) is 10.8 Å². The summed E-state index contributed by atoms with van der Waals surface area (Å²) in [5.74, 6) is 0. The van der Waals surface area contributed by atoms with Crippen molar-refractivity contribution >= 4 is 0 Å². The zero-order chi connectivity index (χ0) is 11.9. The van der Waals surface area contributed by atoms with Gasteiger partial charge in [0.25, 0.3) is 0 Å². The summed E-state index contributed by atoms with van der Waals surface area (Å²) < 4.78 is 5.50. The van der Waals surface area contributed by atoms with Crippen LogP contribution in [0.25, 0.3) is 0 Å². The van der Waals surface area contributed by atoms with Crippen molar-refractivity contribution in [3.63, 3.8) is 0 Å². The summed E-state index contributed by atoms with van der Waals surface area (Å²) in [7, 11) is 0. The van der Waals surface area contributed by atoms with Crippen LogP contribution >= 0.6 is 0 Å². The number of nitrogens with two attached hydrogens (primary N) is 1. The topological polar surface area (TPSA) is 55.5 Å². The second kappa shape index (κ2) is 3.97. The molecule has 2 atom stereocenters. The molecule has 0 aromatic rings. The van der Waals surface area contributed by atoms with Crippen molar-refractivity contribution in [2.24, 2.45) is 16.6 Å². The molecule has 1 aliphatic carbocycles. The minimum Gasteiger partial charge on any atom is -0.389 e. The van der Waals surface area contributed by atoms with E-state index in [0.717, 1.165) is 32.3 Å². The van der Waals surface area contributed by atoms with Gasteiger partial charge in [0.05, 0.1) is 12.2 Å². The van der Waals surface area contributed by atoms with Gasteiger partial charge in [0.1, 0.15) is 0 Å². The Bertz CT molecular complexity index is 259. The maximum atomic E-state index is 11.0. The maximum Gasteiger partial charge on any atom is 0.0743 e. The molecule has 0 radical (unpaired) electrons. The minimum absolute atomic E-state index is 0.190.